The van der Waals surface area contributed by atoms with Gasteiger partial charge in [0, 0.05) is 48.4 Å². The van der Waals surface area contributed by atoms with Gasteiger partial charge in [0.2, 0.25) is 0 Å². The van der Waals surface area contributed by atoms with Crippen molar-refractivity contribution in [2.24, 2.45) is 0 Å². The number of piperidine rings is 1. The molecule has 36 heavy (non-hydrogen) atoms. The molecule has 0 bridgehead atoms. The minimum absolute atomic E-state index is 0.0275. The Labute approximate surface area is 209 Å². The predicted molar refractivity (Wildman–Crippen MR) is 135 cm³/mol. The summed E-state index contributed by atoms with van der Waals surface area (Å²) in [6, 6.07) is 12.9. The summed E-state index contributed by atoms with van der Waals surface area (Å²) in [5.74, 6) is 1.43. The van der Waals surface area contributed by atoms with Crippen molar-refractivity contribution in [1.29, 1.82) is 0 Å². The Morgan fingerprint density at radius 1 is 1.14 bits per heavy atom. The smallest absolute Gasteiger partial charge is 0.274 e. The lowest BCUT2D eigenvalue weighted by atomic mass is 9.95. The highest BCUT2D eigenvalue weighted by Gasteiger charge is 2.31. The number of carbonyl (C=O) groups excluding carboxylic acids is 1. The van der Waals surface area contributed by atoms with Crippen molar-refractivity contribution in [1.82, 2.24) is 24.6 Å². The molecule has 0 spiro atoms. The third-order valence-corrected chi connectivity index (χ3v) is 7.64. The zero-order chi connectivity index (χ0) is 24.6. The molecule has 186 valence electrons. The number of halogens is 1. The van der Waals surface area contributed by atoms with E-state index >= 15 is 0 Å². The highest BCUT2D eigenvalue weighted by Crippen LogP contribution is 2.32. The maximum atomic E-state index is 14.0. The van der Waals surface area contributed by atoms with Crippen LogP contribution in [-0.2, 0) is 19.3 Å². The normalized spacial score (nSPS) is 16.3. The number of amides is 1. The minimum Gasteiger partial charge on any atom is -0.496 e. The molecule has 0 atom stereocenters. The first-order valence-corrected chi connectivity index (χ1v) is 12.8. The second-order valence-corrected chi connectivity index (χ2v) is 9.78. The largest absolute Gasteiger partial charge is 0.496 e. The molecule has 3 heterocycles. The molecule has 2 aromatic carbocycles. The van der Waals surface area contributed by atoms with Crippen LogP contribution in [-0.4, -0.2) is 50.8 Å². The summed E-state index contributed by atoms with van der Waals surface area (Å²) in [6.07, 6.45) is 6.35. The van der Waals surface area contributed by atoms with Crippen molar-refractivity contribution in [3.63, 3.8) is 0 Å². The molecule has 1 fully saturated rings. The quantitative estimate of drug-likeness (QED) is 0.437. The molecule has 1 saturated heterocycles. The molecule has 2 aliphatic rings. The van der Waals surface area contributed by atoms with E-state index in [0.717, 1.165) is 72.4 Å². The Bertz CT molecular complexity index is 1420. The van der Waals surface area contributed by atoms with Gasteiger partial charge in [0.05, 0.1) is 18.1 Å². The zero-order valence-electron chi connectivity index (χ0n) is 20.5. The lowest BCUT2D eigenvalue weighted by Crippen LogP contribution is -2.40. The van der Waals surface area contributed by atoms with Crippen LogP contribution in [0.2, 0.25) is 0 Å². The molecule has 2 aromatic heterocycles. The van der Waals surface area contributed by atoms with E-state index < -0.39 is 0 Å². The van der Waals surface area contributed by atoms with Crippen LogP contribution in [0.1, 0.15) is 64.9 Å². The number of aromatic amines is 1. The second kappa shape index (κ2) is 9.41. The van der Waals surface area contributed by atoms with Crippen LogP contribution in [0.15, 0.2) is 42.5 Å². The molecule has 0 unspecified atom stereocenters. The molecule has 0 radical (unpaired) electrons. The van der Waals surface area contributed by atoms with Gasteiger partial charge in [0.25, 0.3) is 5.91 Å². The van der Waals surface area contributed by atoms with Crippen LogP contribution >= 0.6 is 0 Å². The fourth-order valence-corrected chi connectivity index (χ4v) is 5.81. The number of para-hydroxylation sites is 1. The Kier molecular flexibility index (Phi) is 5.95. The Hall–Kier alpha value is -3.68. The number of imidazole rings is 1. The zero-order valence-corrected chi connectivity index (χ0v) is 20.5. The van der Waals surface area contributed by atoms with Gasteiger partial charge in [-0.3, -0.25) is 9.89 Å². The molecule has 7 nitrogen and oxygen atoms in total. The third-order valence-electron chi connectivity index (χ3n) is 7.64. The summed E-state index contributed by atoms with van der Waals surface area (Å²) in [7, 11) is 1.67. The fraction of sp³-hybridized carbons (Fsp3) is 0.393. The number of ether oxygens (including phenoxy) is 1. The van der Waals surface area contributed by atoms with Gasteiger partial charge in [-0.05, 0) is 56.7 Å². The Morgan fingerprint density at radius 2 is 1.94 bits per heavy atom. The first-order chi connectivity index (χ1) is 17.6. The van der Waals surface area contributed by atoms with Crippen LogP contribution < -0.4 is 4.74 Å². The van der Waals surface area contributed by atoms with Gasteiger partial charge in [-0.15, -0.1) is 0 Å². The fourth-order valence-electron chi connectivity index (χ4n) is 5.81. The monoisotopic (exact) mass is 487 g/mol. The maximum absolute atomic E-state index is 14.0. The van der Waals surface area contributed by atoms with E-state index in [2.05, 4.69) is 14.8 Å². The average molecular weight is 488 g/mol. The molecule has 4 aromatic rings. The van der Waals surface area contributed by atoms with E-state index in [1.165, 1.54) is 12.1 Å². The van der Waals surface area contributed by atoms with Crippen molar-refractivity contribution in [2.75, 3.05) is 20.2 Å². The van der Waals surface area contributed by atoms with Crippen LogP contribution in [0.25, 0.3) is 11.0 Å². The molecule has 1 amide bonds. The van der Waals surface area contributed by atoms with Crippen molar-refractivity contribution >= 4 is 16.9 Å². The number of nitrogens with one attached hydrogen (secondary N) is 1. The molecular formula is C28H30FN5O2. The van der Waals surface area contributed by atoms with Crippen molar-refractivity contribution in [3.05, 3.63) is 76.6 Å². The molecule has 6 rings (SSSR count). The van der Waals surface area contributed by atoms with Crippen LogP contribution in [0.3, 0.4) is 0 Å². The molecule has 1 aliphatic heterocycles. The molecule has 1 N–H and O–H groups in total. The summed E-state index contributed by atoms with van der Waals surface area (Å²) >= 11 is 0. The van der Waals surface area contributed by atoms with Gasteiger partial charge >= 0.3 is 0 Å². The van der Waals surface area contributed by atoms with E-state index in [1.807, 2.05) is 35.2 Å². The van der Waals surface area contributed by atoms with E-state index in [0.29, 0.717) is 30.7 Å². The lowest BCUT2D eigenvalue weighted by Gasteiger charge is -2.33. The number of benzene rings is 2. The van der Waals surface area contributed by atoms with Crippen molar-refractivity contribution < 1.29 is 13.9 Å². The highest BCUT2D eigenvalue weighted by molar-refractivity contribution is 5.94. The predicted octanol–water partition coefficient (Wildman–Crippen LogP) is 4.85. The summed E-state index contributed by atoms with van der Waals surface area (Å²) in [6.45, 7) is 1.31. The third kappa shape index (κ3) is 4.04. The Balaban J connectivity index is 1.26. The lowest BCUT2D eigenvalue weighted by molar-refractivity contribution is 0.0688. The maximum Gasteiger partial charge on any atom is 0.274 e. The molecule has 1 aliphatic carbocycles. The standard InChI is InChI=1S/C28H30FN5O2/c1-36-25-9-5-2-6-18(25)16-26-30-23-17-19(29)10-11-24(23)34(26)20-12-14-33(15-13-20)28(35)27-21-7-3-4-8-22(21)31-32-27/h2,5-6,9-11,17,20H,3-4,7-8,12-16H2,1H3,(H,31,32). The first-order valence-electron chi connectivity index (χ1n) is 12.8. The van der Waals surface area contributed by atoms with Crippen molar-refractivity contribution in [3.8, 4) is 5.75 Å². The number of likely N-dealkylation sites (tertiary alicyclic amines) is 1. The minimum atomic E-state index is -0.293. The number of rotatable bonds is 5. The van der Waals surface area contributed by atoms with E-state index in [4.69, 9.17) is 9.72 Å². The number of aromatic nitrogens is 4. The van der Waals surface area contributed by atoms with E-state index in [9.17, 15) is 9.18 Å². The number of hydrogen-bond donors (Lipinski definition) is 1. The van der Waals surface area contributed by atoms with Gasteiger partial charge in [-0.25, -0.2) is 9.37 Å². The van der Waals surface area contributed by atoms with Crippen LogP contribution in [0.4, 0.5) is 4.39 Å². The SMILES string of the molecule is COc1ccccc1Cc1nc2cc(F)ccc2n1C1CCN(C(=O)c2n[nH]c3c2CCCC3)CC1. The number of nitrogens with zero attached hydrogens (tertiary/aromatic N) is 4. The summed E-state index contributed by atoms with van der Waals surface area (Å²) < 4.78 is 21.8. The molecule has 8 heteroatoms. The number of methoxy groups -OCH3 is 1. The van der Waals surface area contributed by atoms with Crippen LogP contribution in [0.5, 0.6) is 5.75 Å². The summed E-state index contributed by atoms with van der Waals surface area (Å²) in [4.78, 5) is 20.1. The van der Waals surface area contributed by atoms with Gasteiger partial charge in [-0.2, -0.15) is 5.10 Å². The van der Waals surface area contributed by atoms with Crippen LogP contribution in [0, 0.1) is 5.82 Å². The Morgan fingerprint density at radius 3 is 2.78 bits per heavy atom. The summed E-state index contributed by atoms with van der Waals surface area (Å²) in [5, 5.41) is 7.48. The topological polar surface area (TPSA) is 76.0 Å². The first kappa shape index (κ1) is 22.8. The molecule has 0 saturated carbocycles. The van der Waals surface area contributed by atoms with Gasteiger partial charge < -0.3 is 14.2 Å². The number of hydrogen-bond acceptors (Lipinski definition) is 4. The van der Waals surface area contributed by atoms with Crippen molar-refractivity contribution in [2.45, 2.75) is 51.0 Å². The number of carbonyl (C=O) groups is 1. The summed E-state index contributed by atoms with van der Waals surface area (Å²) in [5.41, 5.74) is 5.44. The molecular weight excluding hydrogens is 457 g/mol. The number of fused-ring (bicyclic) bond motifs is 2. The van der Waals surface area contributed by atoms with E-state index in [-0.39, 0.29) is 17.8 Å². The van der Waals surface area contributed by atoms with Gasteiger partial charge in [0.15, 0.2) is 5.69 Å². The second-order valence-electron chi connectivity index (χ2n) is 9.78. The van der Waals surface area contributed by atoms with E-state index in [1.54, 1.807) is 7.11 Å². The highest BCUT2D eigenvalue weighted by atomic mass is 19.1. The number of H-pyrrole nitrogens is 1. The number of aryl methyl sites for hydroxylation is 1. The average Bonchev–Trinajstić information content (AvgIpc) is 3.49. The van der Waals surface area contributed by atoms with Gasteiger partial charge in [0.1, 0.15) is 17.4 Å². The van der Waals surface area contributed by atoms with Gasteiger partial charge in [-0.1, -0.05) is 18.2 Å².